The molecule has 14 heavy (non-hydrogen) atoms. The van der Waals surface area contributed by atoms with Crippen molar-refractivity contribution in [1.82, 2.24) is 4.90 Å². The van der Waals surface area contributed by atoms with Crippen molar-refractivity contribution in [2.24, 2.45) is 0 Å². The quantitative estimate of drug-likeness (QED) is 0.611. The SMILES string of the molecule is C=C[C@@H]1c2ccccc2CN(C)[C@H]1C. The van der Waals surface area contributed by atoms with Gasteiger partial charge in [-0.2, -0.15) is 0 Å². The van der Waals surface area contributed by atoms with Crippen LogP contribution in [0.1, 0.15) is 24.0 Å². The van der Waals surface area contributed by atoms with Gasteiger partial charge in [0, 0.05) is 18.5 Å². The highest BCUT2D eigenvalue weighted by Gasteiger charge is 2.27. The smallest absolute Gasteiger partial charge is 0.0236 e. The highest BCUT2D eigenvalue weighted by Crippen LogP contribution is 2.32. The average molecular weight is 187 g/mol. The van der Waals surface area contributed by atoms with Crippen molar-refractivity contribution in [3.63, 3.8) is 0 Å². The van der Waals surface area contributed by atoms with Gasteiger partial charge >= 0.3 is 0 Å². The number of likely N-dealkylation sites (N-methyl/N-ethyl adjacent to an activating group) is 1. The second-order valence-corrected chi connectivity index (χ2v) is 4.12. The van der Waals surface area contributed by atoms with E-state index in [1.165, 1.54) is 11.1 Å². The molecule has 0 amide bonds. The molecule has 1 nitrogen and oxygen atoms in total. The van der Waals surface area contributed by atoms with Gasteiger partial charge in [-0.05, 0) is 25.1 Å². The number of nitrogens with zero attached hydrogens (tertiary/aromatic N) is 1. The lowest BCUT2D eigenvalue weighted by Gasteiger charge is -2.37. The molecule has 2 atom stereocenters. The fourth-order valence-corrected chi connectivity index (χ4v) is 2.27. The Morgan fingerprint density at radius 3 is 2.86 bits per heavy atom. The van der Waals surface area contributed by atoms with Gasteiger partial charge in [-0.3, -0.25) is 4.90 Å². The van der Waals surface area contributed by atoms with Crippen LogP contribution in [0.4, 0.5) is 0 Å². The Morgan fingerprint density at radius 2 is 2.14 bits per heavy atom. The minimum Gasteiger partial charge on any atom is -0.299 e. The Morgan fingerprint density at radius 1 is 1.43 bits per heavy atom. The van der Waals surface area contributed by atoms with Crippen LogP contribution in [0.15, 0.2) is 36.9 Å². The van der Waals surface area contributed by atoms with E-state index in [9.17, 15) is 0 Å². The summed E-state index contributed by atoms with van der Waals surface area (Å²) in [5, 5.41) is 0. The molecule has 1 heteroatoms. The zero-order chi connectivity index (χ0) is 10.1. The summed E-state index contributed by atoms with van der Waals surface area (Å²) in [6.07, 6.45) is 2.07. The zero-order valence-electron chi connectivity index (χ0n) is 8.90. The molecule has 0 aromatic heterocycles. The summed E-state index contributed by atoms with van der Waals surface area (Å²) in [6.45, 7) is 7.26. The van der Waals surface area contributed by atoms with Crippen LogP contribution in [0.25, 0.3) is 0 Å². The maximum atomic E-state index is 3.94. The van der Waals surface area contributed by atoms with E-state index in [-0.39, 0.29) is 0 Å². The molecule has 0 aliphatic carbocycles. The van der Waals surface area contributed by atoms with Gasteiger partial charge in [0.15, 0.2) is 0 Å². The van der Waals surface area contributed by atoms with Gasteiger partial charge in [0.1, 0.15) is 0 Å². The van der Waals surface area contributed by atoms with E-state index in [0.29, 0.717) is 12.0 Å². The number of rotatable bonds is 1. The first-order chi connectivity index (χ1) is 6.74. The maximum absolute atomic E-state index is 3.94. The Labute approximate surface area is 86.1 Å². The van der Waals surface area contributed by atoms with Gasteiger partial charge in [0.25, 0.3) is 0 Å². The monoisotopic (exact) mass is 187 g/mol. The highest BCUT2D eigenvalue weighted by molar-refractivity contribution is 5.36. The van der Waals surface area contributed by atoms with Gasteiger partial charge in [-0.1, -0.05) is 30.3 Å². The van der Waals surface area contributed by atoms with Crippen LogP contribution in [-0.4, -0.2) is 18.0 Å². The molecular weight excluding hydrogens is 170 g/mol. The number of benzene rings is 1. The maximum Gasteiger partial charge on any atom is 0.0236 e. The summed E-state index contributed by atoms with van der Waals surface area (Å²) >= 11 is 0. The van der Waals surface area contributed by atoms with Crippen LogP contribution in [0, 0.1) is 0 Å². The third-order valence-corrected chi connectivity index (χ3v) is 3.30. The molecule has 1 aromatic rings. The molecule has 0 spiro atoms. The number of hydrogen-bond acceptors (Lipinski definition) is 1. The molecule has 0 saturated heterocycles. The zero-order valence-corrected chi connectivity index (χ0v) is 8.90. The molecule has 0 bridgehead atoms. The van der Waals surface area contributed by atoms with Gasteiger partial charge in [0.2, 0.25) is 0 Å². The summed E-state index contributed by atoms with van der Waals surface area (Å²) in [6, 6.07) is 9.23. The van der Waals surface area contributed by atoms with Crippen LogP contribution in [0.3, 0.4) is 0 Å². The van der Waals surface area contributed by atoms with Crippen molar-refractivity contribution in [1.29, 1.82) is 0 Å². The third-order valence-electron chi connectivity index (χ3n) is 3.30. The molecule has 1 aromatic carbocycles. The van der Waals surface area contributed by atoms with E-state index < -0.39 is 0 Å². The van der Waals surface area contributed by atoms with E-state index in [4.69, 9.17) is 0 Å². The summed E-state index contributed by atoms with van der Waals surface area (Å²) in [4.78, 5) is 2.38. The molecule has 1 aliphatic heterocycles. The third kappa shape index (κ3) is 1.38. The molecule has 0 N–H and O–H groups in total. The first-order valence-electron chi connectivity index (χ1n) is 5.14. The predicted octanol–water partition coefficient (Wildman–Crippen LogP) is 2.79. The van der Waals surface area contributed by atoms with Gasteiger partial charge < -0.3 is 0 Å². The van der Waals surface area contributed by atoms with Gasteiger partial charge in [0.05, 0.1) is 0 Å². The van der Waals surface area contributed by atoms with Crippen LogP contribution >= 0.6 is 0 Å². The molecule has 0 radical (unpaired) electrons. The molecule has 74 valence electrons. The lowest BCUT2D eigenvalue weighted by molar-refractivity contribution is 0.215. The lowest BCUT2D eigenvalue weighted by Crippen LogP contribution is -2.37. The first kappa shape index (κ1) is 9.47. The molecule has 2 rings (SSSR count). The normalized spacial score (nSPS) is 27.0. The van der Waals surface area contributed by atoms with Crippen LogP contribution in [0.5, 0.6) is 0 Å². The van der Waals surface area contributed by atoms with Crippen molar-refractivity contribution in [2.75, 3.05) is 7.05 Å². The Hall–Kier alpha value is -1.08. The molecule has 1 heterocycles. The molecule has 0 unspecified atom stereocenters. The van der Waals surface area contributed by atoms with Crippen molar-refractivity contribution in [2.45, 2.75) is 25.4 Å². The topological polar surface area (TPSA) is 3.24 Å². The molecular formula is C13H17N. The van der Waals surface area contributed by atoms with Crippen LogP contribution in [-0.2, 0) is 6.54 Å². The number of hydrogen-bond donors (Lipinski definition) is 0. The fourth-order valence-electron chi connectivity index (χ4n) is 2.27. The van der Waals surface area contributed by atoms with E-state index in [1.807, 2.05) is 0 Å². The van der Waals surface area contributed by atoms with Crippen molar-refractivity contribution in [3.8, 4) is 0 Å². The summed E-state index contributed by atoms with van der Waals surface area (Å²) < 4.78 is 0. The number of fused-ring (bicyclic) bond motifs is 1. The second kappa shape index (κ2) is 3.58. The van der Waals surface area contributed by atoms with E-state index in [2.05, 4.69) is 55.8 Å². The Balaban J connectivity index is 2.47. The second-order valence-electron chi connectivity index (χ2n) is 4.12. The fraction of sp³-hybridized carbons (Fsp3) is 0.385. The van der Waals surface area contributed by atoms with Gasteiger partial charge in [-0.25, -0.2) is 0 Å². The standard InChI is InChI=1S/C13H17N/c1-4-12-10(2)14(3)9-11-7-5-6-8-13(11)12/h4-8,10,12H,1,9H2,2-3H3/t10-,12-/m0/s1. The summed E-state index contributed by atoms with van der Waals surface area (Å²) in [7, 11) is 2.18. The van der Waals surface area contributed by atoms with E-state index >= 15 is 0 Å². The van der Waals surface area contributed by atoms with Crippen LogP contribution < -0.4 is 0 Å². The van der Waals surface area contributed by atoms with Gasteiger partial charge in [-0.15, -0.1) is 6.58 Å². The first-order valence-corrected chi connectivity index (χ1v) is 5.14. The highest BCUT2D eigenvalue weighted by atomic mass is 15.1. The van der Waals surface area contributed by atoms with Crippen molar-refractivity contribution >= 4 is 0 Å². The molecule has 1 aliphatic rings. The van der Waals surface area contributed by atoms with E-state index in [1.54, 1.807) is 0 Å². The lowest BCUT2D eigenvalue weighted by atomic mass is 9.84. The largest absolute Gasteiger partial charge is 0.299 e. The summed E-state index contributed by atoms with van der Waals surface area (Å²) in [5.41, 5.74) is 2.89. The minimum absolute atomic E-state index is 0.477. The van der Waals surface area contributed by atoms with Crippen molar-refractivity contribution in [3.05, 3.63) is 48.0 Å². The average Bonchev–Trinajstić information content (AvgIpc) is 2.20. The molecule has 0 fully saturated rings. The van der Waals surface area contributed by atoms with E-state index in [0.717, 1.165) is 6.54 Å². The van der Waals surface area contributed by atoms with Crippen molar-refractivity contribution < 1.29 is 0 Å². The Kier molecular flexibility index (Phi) is 2.42. The Bertz CT molecular complexity index is 343. The minimum atomic E-state index is 0.477. The van der Waals surface area contributed by atoms with Crippen LogP contribution in [0.2, 0.25) is 0 Å². The predicted molar refractivity (Wildman–Crippen MR) is 60.3 cm³/mol. The molecule has 0 saturated carbocycles. The summed E-state index contributed by atoms with van der Waals surface area (Å²) in [5.74, 6) is 0.477.